The molecule has 0 saturated heterocycles. The van der Waals surface area contributed by atoms with Crippen LogP contribution in [0.1, 0.15) is 45.1 Å². The summed E-state index contributed by atoms with van der Waals surface area (Å²) in [6, 6.07) is 14.8. The van der Waals surface area contributed by atoms with Crippen LogP contribution in [0.5, 0.6) is 11.5 Å². The van der Waals surface area contributed by atoms with Crippen molar-refractivity contribution in [2.45, 2.75) is 46.0 Å². The van der Waals surface area contributed by atoms with Crippen molar-refractivity contribution in [2.24, 2.45) is 0 Å². The molecule has 11 nitrogen and oxygen atoms in total. The SMILES string of the molecule is CCCCc1cc(Nc2nc(-c3cccc(NC(=O)CCC)c3)nc3cc(OC)c(OCCCl)cc23)cc2cnn(C(=O)O)c12. The first-order valence-corrected chi connectivity index (χ1v) is 15.4. The summed E-state index contributed by atoms with van der Waals surface area (Å²) in [5, 5.41) is 21.6. The Balaban J connectivity index is 1.65. The molecule has 12 heteroatoms. The third-order valence-corrected chi connectivity index (χ3v) is 7.34. The number of aryl methyl sites for hydroxylation is 1. The summed E-state index contributed by atoms with van der Waals surface area (Å²) >= 11 is 5.90. The second-order valence-corrected chi connectivity index (χ2v) is 10.9. The highest BCUT2D eigenvalue weighted by molar-refractivity contribution is 6.18. The van der Waals surface area contributed by atoms with Crippen LogP contribution in [-0.4, -0.2) is 56.5 Å². The molecule has 45 heavy (non-hydrogen) atoms. The fraction of sp³-hybridized carbons (Fsp3) is 0.303. The van der Waals surface area contributed by atoms with E-state index in [1.54, 1.807) is 19.4 Å². The van der Waals surface area contributed by atoms with Gasteiger partial charge in [0.2, 0.25) is 5.91 Å². The van der Waals surface area contributed by atoms with E-state index in [0.29, 0.717) is 80.6 Å². The van der Waals surface area contributed by atoms with E-state index in [-0.39, 0.29) is 12.5 Å². The summed E-state index contributed by atoms with van der Waals surface area (Å²) < 4.78 is 12.5. The number of nitrogens with one attached hydrogen (secondary N) is 2. The highest BCUT2D eigenvalue weighted by atomic mass is 35.5. The number of fused-ring (bicyclic) bond motifs is 2. The Bertz CT molecular complexity index is 1860. The molecule has 234 valence electrons. The average Bonchev–Trinajstić information content (AvgIpc) is 3.47. The molecule has 0 aliphatic carbocycles. The van der Waals surface area contributed by atoms with Crippen LogP contribution in [0, 0.1) is 0 Å². The van der Waals surface area contributed by atoms with E-state index in [4.69, 9.17) is 31.0 Å². The van der Waals surface area contributed by atoms with Crippen LogP contribution >= 0.6 is 11.6 Å². The zero-order chi connectivity index (χ0) is 31.9. The first kappa shape index (κ1) is 31.5. The molecular weight excluding hydrogens is 596 g/mol. The van der Waals surface area contributed by atoms with E-state index in [9.17, 15) is 14.7 Å². The number of carboxylic acid groups (broad SMARTS) is 1. The molecule has 2 aromatic heterocycles. The molecule has 3 aromatic carbocycles. The van der Waals surface area contributed by atoms with Crippen LogP contribution in [-0.2, 0) is 11.2 Å². The fourth-order valence-electron chi connectivity index (χ4n) is 5.13. The van der Waals surface area contributed by atoms with E-state index in [1.165, 1.54) is 0 Å². The summed E-state index contributed by atoms with van der Waals surface area (Å²) in [5.74, 6) is 2.16. The van der Waals surface area contributed by atoms with Gasteiger partial charge in [-0.05, 0) is 55.2 Å². The van der Waals surface area contributed by atoms with E-state index in [0.717, 1.165) is 29.5 Å². The number of methoxy groups -OCH3 is 1. The van der Waals surface area contributed by atoms with Crippen molar-refractivity contribution in [3.05, 3.63) is 60.3 Å². The summed E-state index contributed by atoms with van der Waals surface area (Å²) in [7, 11) is 1.56. The second-order valence-electron chi connectivity index (χ2n) is 10.5. The number of carbonyl (C=O) groups excluding carboxylic acids is 1. The molecule has 0 fully saturated rings. The first-order chi connectivity index (χ1) is 21.8. The summed E-state index contributed by atoms with van der Waals surface area (Å²) in [4.78, 5) is 34.0. The quantitative estimate of drug-likeness (QED) is 0.112. The minimum absolute atomic E-state index is 0.0638. The Labute approximate surface area is 265 Å². The van der Waals surface area contributed by atoms with Gasteiger partial charge in [0.05, 0.1) is 30.2 Å². The molecule has 0 spiro atoms. The van der Waals surface area contributed by atoms with Gasteiger partial charge in [-0.15, -0.1) is 11.6 Å². The van der Waals surface area contributed by atoms with Gasteiger partial charge in [0.15, 0.2) is 17.3 Å². The Morgan fingerprint density at radius 3 is 2.60 bits per heavy atom. The smallest absolute Gasteiger partial charge is 0.432 e. The van der Waals surface area contributed by atoms with E-state index >= 15 is 0 Å². The Morgan fingerprint density at radius 1 is 1.02 bits per heavy atom. The number of unbranched alkanes of at least 4 members (excludes halogenated alkanes) is 1. The molecular formula is C33H35ClN6O5. The molecule has 2 heterocycles. The van der Waals surface area contributed by atoms with E-state index < -0.39 is 6.09 Å². The predicted molar refractivity (Wildman–Crippen MR) is 176 cm³/mol. The first-order valence-electron chi connectivity index (χ1n) is 14.8. The molecule has 5 rings (SSSR count). The number of rotatable bonds is 13. The molecule has 3 N–H and O–H groups in total. The maximum absolute atomic E-state index is 12.3. The fourth-order valence-corrected chi connectivity index (χ4v) is 5.21. The van der Waals surface area contributed by atoms with Crippen LogP contribution in [0.4, 0.5) is 22.0 Å². The lowest BCUT2D eigenvalue weighted by molar-refractivity contribution is -0.116. The second kappa shape index (κ2) is 14.3. The lowest BCUT2D eigenvalue weighted by Gasteiger charge is -2.16. The largest absolute Gasteiger partial charge is 0.493 e. The predicted octanol–water partition coefficient (Wildman–Crippen LogP) is 7.62. The Kier molecular flexibility index (Phi) is 9.99. The summed E-state index contributed by atoms with van der Waals surface area (Å²) in [5.41, 5.74) is 4.09. The lowest BCUT2D eigenvalue weighted by atomic mass is 10.0. The van der Waals surface area contributed by atoms with Crippen LogP contribution in [0.3, 0.4) is 0 Å². The third kappa shape index (κ3) is 7.09. The molecule has 0 saturated carbocycles. The molecule has 0 bridgehead atoms. The highest BCUT2D eigenvalue weighted by Gasteiger charge is 2.18. The minimum Gasteiger partial charge on any atom is -0.493 e. The summed E-state index contributed by atoms with van der Waals surface area (Å²) in [6.45, 7) is 4.33. The number of alkyl halides is 1. The normalized spacial score (nSPS) is 11.1. The zero-order valence-electron chi connectivity index (χ0n) is 25.4. The van der Waals surface area contributed by atoms with Crippen molar-refractivity contribution >= 4 is 62.6 Å². The van der Waals surface area contributed by atoms with Gasteiger partial charge in [-0.1, -0.05) is 32.4 Å². The van der Waals surface area contributed by atoms with Crippen LogP contribution in [0.15, 0.2) is 54.7 Å². The molecule has 0 unspecified atom stereocenters. The number of nitrogens with zero attached hydrogens (tertiary/aromatic N) is 4. The van der Waals surface area contributed by atoms with Crippen molar-refractivity contribution in [1.29, 1.82) is 0 Å². The monoisotopic (exact) mass is 630 g/mol. The molecule has 0 aliphatic rings. The maximum atomic E-state index is 12.3. The Hall–Kier alpha value is -4.90. The van der Waals surface area contributed by atoms with Crippen molar-refractivity contribution in [3.63, 3.8) is 0 Å². The zero-order valence-corrected chi connectivity index (χ0v) is 26.1. The van der Waals surface area contributed by atoms with Gasteiger partial charge >= 0.3 is 6.09 Å². The van der Waals surface area contributed by atoms with Gasteiger partial charge in [0, 0.05) is 40.2 Å². The van der Waals surface area contributed by atoms with Crippen LogP contribution < -0.4 is 20.1 Å². The average molecular weight is 631 g/mol. The topological polar surface area (TPSA) is 140 Å². The van der Waals surface area contributed by atoms with Gasteiger partial charge in [-0.25, -0.2) is 14.8 Å². The minimum atomic E-state index is -1.14. The molecule has 0 atom stereocenters. The van der Waals surface area contributed by atoms with Crippen LogP contribution in [0.2, 0.25) is 0 Å². The number of anilines is 3. The number of carbonyl (C=O) groups is 2. The molecule has 1 amide bonds. The van der Waals surface area contributed by atoms with Crippen molar-refractivity contribution in [1.82, 2.24) is 19.7 Å². The van der Waals surface area contributed by atoms with E-state index in [2.05, 4.69) is 22.7 Å². The Morgan fingerprint density at radius 2 is 1.87 bits per heavy atom. The van der Waals surface area contributed by atoms with Crippen molar-refractivity contribution in [3.8, 4) is 22.9 Å². The maximum Gasteiger partial charge on any atom is 0.432 e. The highest BCUT2D eigenvalue weighted by Crippen LogP contribution is 2.37. The number of aromatic nitrogens is 4. The standard InChI is InChI=1S/C33H35ClN6O5/c1-4-6-9-20-14-24(16-22-19-35-40(30(20)22)33(42)43)37-32-25-17-28(45-13-12-34)27(44-3)18-26(25)38-31(39-32)21-10-7-11-23(15-21)36-29(41)8-5-2/h7,10-11,14-19H,4-6,8-9,12-13H2,1-3H3,(H,36,41)(H,42,43)(H,37,38,39). The number of hydrogen-bond acceptors (Lipinski definition) is 8. The van der Waals surface area contributed by atoms with Crippen LogP contribution in [0.25, 0.3) is 33.2 Å². The van der Waals surface area contributed by atoms with Gasteiger partial charge in [-0.3, -0.25) is 4.79 Å². The lowest BCUT2D eigenvalue weighted by Crippen LogP contribution is -2.11. The van der Waals surface area contributed by atoms with Crippen molar-refractivity contribution < 1.29 is 24.2 Å². The van der Waals surface area contributed by atoms with Crippen molar-refractivity contribution in [2.75, 3.05) is 30.2 Å². The number of amides is 1. The number of halogens is 1. The third-order valence-electron chi connectivity index (χ3n) is 7.18. The van der Waals surface area contributed by atoms with Gasteiger partial charge in [0.25, 0.3) is 0 Å². The van der Waals surface area contributed by atoms with Gasteiger partial charge < -0.3 is 25.2 Å². The molecule has 0 aliphatic heterocycles. The summed E-state index contributed by atoms with van der Waals surface area (Å²) in [6.07, 6.45) is 4.10. The number of ether oxygens (including phenoxy) is 2. The number of hydrogen-bond donors (Lipinski definition) is 3. The molecule has 0 radical (unpaired) electrons. The van der Waals surface area contributed by atoms with E-state index in [1.807, 2.05) is 49.4 Å². The van der Waals surface area contributed by atoms with Gasteiger partial charge in [0.1, 0.15) is 12.4 Å². The molecule has 5 aromatic rings. The number of benzene rings is 3. The van der Waals surface area contributed by atoms with Gasteiger partial charge in [-0.2, -0.15) is 9.78 Å².